The number of hydrogen-bond donors (Lipinski definition) is 0. The van der Waals surface area contributed by atoms with Gasteiger partial charge in [0.15, 0.2) is 21.4 Å². The topological polar surface area (TPSA) is 84.8 Å². The molecule has 0 spiro atoms. The van der Waals surface area contributed by atoms with Gasteiger partial charge in [-0.2, -0.15) is 0 Å². The van der Waals surface area contributed by atoms with E-state index in [1.54, 1.807) is 12.1 Å². The predicted molar refractivity (Wildman–Crippen MR) is 104 cm³/mol. The Hall–Kier alpha value is -2.55. The third-order valence-corrected chi connectivity index (χ3v) is 6.36. The van der Waals surface area contributed by atoms with E-state index < -0.39 is 15.7 Å². The van der Waals surface area contributed by atoms with Crippen LogP contribution in [0.1, 0.15) is 30.7 Å². The summed E-state index contributed by atoms with van der Waals surface area (Å²) in [5.74, 6) is 0.689. The van der Waals surface area contributed by atoms with E-state index in [9.17, 15) is 12.8 Å². The highest BCUT2D eigenvalue weighted by molar-refractivity contribution is 7.91. The van der Waals surface area contributed by atoms with Gasteiger partial charge in [-0.1, -0.05) is 0 Å². The number of aliphatic imine (C=N–C) groups is 1. The van der Waals surface area contributed by atoms with Gasteiger partial charge < -0.3 is 9.64 Å². The van der Waals surface area contributed by atoms with Crippen molar-refractivity contribution in [3.8, 4) is 5.75 Å². The van der Waals surface area contributed by atoms with Crippen molar-refractivity contribution in [1.82, 2.24) is 9.97 Å². The van der Waals surface area contributed by atoms with Crippen LogP contribution in [0.25, 0.3) is 0 Å². The highest BCUT2D eigenvalue weighted by Crippen LogP contribution is 2.30. The zero-order valence-electron chi connectivity index (χ0n) is 15.7. The average molecular weight is 404 g/mol. The number of hydrogen-bond acceptors (Lipinski definition) is 7. The van der Waals surface area contributed by atoms with Crippen LogP contribution in [0.2, 0.25) is 0 Å². The van der Waals surface area contributed by atoms with Crippen LogP contribution in [-0.2, 0) is 16.4 Å². The zero-order chi connectivity index (χ0) is 19.9. The first-order valence-electron chi connectivity index (χ1n) is 9.14. The largest absolute Gasteiger partial charge is 0.488 e. The third-order valence-electron chi connectivity index (χ3n) is 4.75. The van der Waals surface area contributed by atoms with Crippen molar-refractivity contribution in [2.45, 2.75) is 26.5 Å². The minimum atomic E-state index is -2.97. The van der Waals surface area contributed by atoms with Crippen LogP contribution in [0, 0.1) is 5.82 Å². The zero-order valence-corrected chi connectivity index (χ0v) is 16.5. The van der Waals surface area contributed by atoms with Crippen molar-refractivity contribution in [1.29, 1.82) is 0 Å². The van der Waals surface area contributed by atoms with Gasteiger partial charge in [0.25, 0.3) is 0 Å². The molecule has 0 N–H and O–H groups in total. The lowest BCUT2D eigenvalue weighted by atomic mass is 10.0. The predicted octanol–water partition coefficient (Wildman–Crippen LogP) is 1.99. The molecule has 1 fully saturated rings. The Balaban J connectivity index is 1.64. The van der Waals surface area contributed by atoms with Crippen LogP contribution in [-0.4, -0.2) is 54.8 Å². The monoisotopic (exact) mass is 404 g/mol. The van der Waals surface area contributed by atoms with E-state index in [1.165, 1.54) is 12.4 Å². The lowest BCUT2D eigenvalue weighted by molar-refractivity contribution is 0.231. The average Bonchev–Trinajstić information content (AvgIpc) is 3.04. The van der Waals surface area contributed by atoms with Gasteiger partial charge in [0, 0.05) is 24.7 Å². The van der Waals surface area contributed by atoms with Crippen molar-refractivity contribution in [2.24, 2.45) is 4.99 Å². The second-order valence-corrected chi connectivity index (χ2v) is 9.48. The van der Waals surface area contributed by atoms with Gasteiger partial charge in [-0.25, -0.2) is 22.8 Å². The van der Waals surface area contributed by atoms with Crippen LogP contribution in [0.4, 0.5) is 10.2 Å². The van der Waals surface area contributed by atoms with Crippen molar-refractivity contribution in [3.63, 3.8) is 0 Å². The number of aromatic nitrogens is 2. The highest BCUT2D eigenvalue weighted by atomic mass is 32.2. The maximum absolute atomic E-state index is 14.2. The first-order valence-corrected chi connectivity index (χ1v) is 11.0. The first-order chi connectivity index (χ1) is 13.3. The Bertz CT molecular complexity index is 1040. The molecule has 9 heteroatoms. The number of halogens is 1. The molecule has 1 saturated heterocycles. The maximum atomic E-state index is 14.2. The van der Waals surface area contributed by atoms with Crippen molar-refractivity contribution >= 4 is 21.4 Å². The Labute approximate surface area is 163 Å². The summed E-state index contributed by atoms with van der Waals surface area (Å²) in [6.45, 7) is 4.87. The van der Waals surface area contributed by atoms with E-state index in [0.717, 1.165) is 11.1 Å². The van der Waals surface area contributed by atoms with Crippen molar-refractivity contribution in [3.05, 3.63) is 47.2 Å². The SMILES string of the molecule is CC(C)Oc1cc2c(cc1F)CN=C2c1cc(N2CCS(=O)(=O)CC2)ncn1. The molecule has 0 radical (unpaired) electrons. The number of anilines is 1. The second-order valence-electron chi connectivity index (χ2n) is 7.17. The molecule has 28 heavy (non-hydrogen) atoms. The molecular weight excluding hydrogens is 383 g/mol. The lowest BCUT2D eigenvalue weighted by Crippen LogP contribution is -2.40. The number of fused-ring (bicyclic) bond motifs is 1. The number of sulfone groups is 1. The molecule has 2 aliphatic heterocycles. The molecule has 1 aromatic carbocycles. The van der Waals surface area contributed by atoms with E-state index in [-0.39, 0.29) is 23.4 Å². The van der Waals surface area contributed by atoms with Crippen molar-refractivity contribution < 1.29 is 17.5 Å². The summed E-state index contributed by atoms with van der Waals surface area (Å²) in [6, 6.07) is 4.94. The van der Waals surface area contributed by atoms with Gasteiger partial charge in [-0.3, -0.25) is 4.99 Å². The van der Waals surface area contributed by atoms with Crippen molar-refractivity contribution in [2.75, 3.05) is 29.5 Å². The quantitative estimate of drug-likeness (QED) is 0.775. The van der Waals surface area contributed by atoms with E-state index in [1.807, 2.05) is 18.7 Å². The molecule has 2 aliphatic rings. The van der Waals surface area contributed by atoms with Gasteiger partial charge in [-0.05, 0) is 31.5 Å². The Morgan fingerprint density at radius 3 is 2.61 bits per heavy atom. The molecule has 3 heterocycles. The Kier molecular flexibility index (Phi) is 4.78. The minimum absolute atomic E-state index is 0.116. The Morgan fingerprint density at radius 1 is 1.14 bits per heavy atom. The summed E-state index contributed by atoms with van der Waals surface area (Å²) in [5, 5.41) is 0. The standard InChI is InChI=1S/C19H21FN4O3S/c1-12(2)27-17-8-14-13(7-15(17)20)10-21-19(14)16-9-18(23-11-22-16)24-3-5-28(25,26)6-4-24/h7-9,11-12H,3-6,10H2,1-2H3. The molecule has 0 bridgehead atoms. The summed E-state index contributed by atoms with van der Waals surface area (Å²) < 4.78 is 43.1. The van der Waals surface area contributed by atoms with Crippen LogP contribution < -0.4 is 9.64 Å². The van der Waals surface area contributed by atoms with E-state index in [2.05, 4.69) is 15.0 Å². The molecule has 0 saturated carbocycles. The molecule has 1 aromatic heterocycles. The number of benzene rings is 1. The molecule has 2 aromatic rings. The molecule has 0 amide bonds. The van der Waals surface area contributed by atoms with Crippen LogP contribution in [0.3, 0.4) is 0 Å². The smallest absolute Gasteiger partial charge is 0.165 e. The summed E-state index contributed by atoms with van der Waals surface area (Å²) >= 11 is 0. The molecular formula is C19H21FN4O3S. The van der Waals surface area contributed by atoms with Gasteiger partial charge in [-0.15, -0.1) is 0 Å². The highest BCUT2D eigenvalue weighted by Gasteiger charge is 2.25. The normalized spacial score (nSPS) is 18.1. The maximum Gasteiger partial charge on any atom is 0.165 e. The van der Waals surface area contributed by atoms with Crippen LogP contribution in [0.15, 0.2) is 29.5 Å². The van der Waals surface area contributed by atoms with Gasteiger partial charge in [0.1, 0.15) is 12.1 Å². The lowest BCUT2D eigenvalue weighted by Gasteiger charge is -2.27. The fourth-order valence-corrected chi connectivity index (χ4v) is 4.55. The summed E-state index contributed by atoms with van der Waals surface area (Å²) in [6.07, 6.45) is 1.30. The fraction of sp³-hybridized carbons (Fsp3) is 0.421. The number of nitrogens with zero attached hydrogens (tertiary/aromatic N) is 4. The molecule has 4 rings (SSSR count). The minimum Gasteiger partial charge on any atom is -0.488 e. The number of ether oxygens (including phenoxy) is 1. The molecule has 0 atom stereocenters. The van der Waals surface area contributed by atoms with Crippen LogP contribution >= 0.6 is 0 Å². The van der Waals surface area contributed by atoms with E-state index >= 15 is 0 Å². The summed E-state index contributed by atoms with van der Waals surface area (Å²) in [7, 11) is -2.97. The molecule has 7 nitrogen and oxygen atoms in total. The van der Waals surface area contributed by atoms with E-state index in [4.69, 9.17) is 4.74 Å². The fourth-order valence-electron chi connectivity index (χ4n) is 3.35. The number of rotatable bonds is 4. The molecule has 0 aliphatic carbocycles. The van der Waals surface area contributed by atoms with Gasteiger partial charge in [0.05, 0.1) is 35.6 Å². The third kappa shape index (κ3) is 3.71. The second kappa shape index (κ2) is 7.12. The van der Waals surface area contributed by atoms with E-state index in [0.29, 0.717) is 36.9 Å². The molecule has 148 valence electrons. The summed E-state index contributed by atoms with van der Waals surface area (Å²) in [5.41, 5.74) is 2.87. The Morgan fingerprint density at radius 2 is 1.89 bits per heavy atom. The summed E-state index contributed by atoms with van der Waals surface area (Å²) in [4.78, 5) is 15.1. The van der Waals surface area contributed by atoms with Gasteiger partial charge in [0.2, 0.25) is 0 Å². The van der Waals surface area contributed by atoms with Crippen LogP contribution in [0.5, 0.6) is 5.75 Å². The van der Waals surface area contributed by atoms with Gasteiger partial charge >= 0.3 is 0 Å². The molecule has 0 unspecified atom stereocenters. The first kappa shape index (κ1) is 18.8.